The number of aryl methyl sites for hydroxylation is 1. The molecule has 1 heterocycles. The number of thiophene rings is 1. The average molecular weight is 206 g/mol. The summed E-state index contributed by atoms with van der Waals surface area (Å²) in [5.74, 6) is 0.244. The third-order valence-electron chi connectivity index (χ3n) is 2.58. The molecule has 1 aromatic heterocycles. The lowest BCUT2D eigenvalue weighted by Gasteiger charge is -2.10. The molecule has 0 radical (unpaired) electrons. The maximum atomic E-state index is 12.0. The molecule has 1 nitrogen and oxygen atoms in total. The van der Waals surface area contributed by atoms with Gasteiger partial charge in [0, 0.05) is 15.8 Å². The third-order valence-corrected chi connectivity index (χ3v) is 3.44. The normalized spacial score (nSPS) is 16.5. The summed E-state index contributed by atoms with van der Waals surface area (Å²) in [4.78, 5) is 13.2. The van der Waals surface area contributed by atoms with Gasteiger partial charge in [0.05, 0.1) is 0 Å². The summed E-state index contributed by atoms with van der Waals surface area (Å²) in [7, 11) is 0. The van der Waals surface area contributed by atoms with Gasteiger partial charge < -0.3 is 0 Å². The van der Waals surface area contributed by atoms with Crippen molar-refractivity contribution < 1.29 is 4.79 Å². The van der Waals surface area contributed by atoms with Gasteiger partial charge in [-0.05, 0) is 44.2 Å². The van der Waals surface area contributed by atoms with Crippen molar-refractivity contribution in [2.24, 2.45) is 0 Å². The van der Waals surface area contributed by atoms with Gasteiger partial charge in [0.15, 0.2) is 5.78 Å². The zero-order valence-corrected chi connectivity index (χ0v) is 9.19. The van der Waals surface area contributed by atoms with E-state index in [1.54, 1.807) is 11.3 Å². The van der Waals surface area contributed by atoms with Crippen LogP contribution in [0.2, 0.25) is 0 Å². The first-order chi connectivity index (χ1) is 6.77. The predicted molar refractivity (Wildman–Crippen MR) is 59.9 cm³/mol. The Morgan fingerprint density at radius 3 is 2.86 bits per heavy atom. The van der Waals surface area contributed by atoms with E-state index in [1.165, 1.54) is 17.7 Å². The molecule has 0 aliphatic heterocycles. The summed E-state index contributed by atoms with van der Waals surface area (Å²) in [6.45, 7) is 2.04. The molecule has 0 atom stereocenters. The summed E-state index contributed by atoms with van der Waals surface area (Å²) in [5.41, 5.74) is 1.90. The molecule has 0 unspecified atom stereocenters. The molecule has 1 aliphatic carbocycles. The van der Waals surface area contributed by atoms with Crippen molar-refractivity contribution in [2.45, 2.75) is 32.6 Å². The largest absolute Gasteiger partial charge is 0.289 e. The monoisotopic (exact) mass is 206 g/mol. The number of carbonyl (C=O) groups excluding carboxylic acids is 1. The van der Waals surface area contributed by atoms with Crippen LogP contribution in [0, 0.1) is 6.92 Å². The maximum absolute atomic E-state index is 12.0. The van der Waals surface area contributed by atoms with Crippen molar-refractivity contribution in [1.29, 1.82) is 0 Å². The Balaban J connectivity index is 2.19. The molecule has 0 aromatic carbocycles. The number of allylic oxidation sites excluding steroid dienone is 2. The van der Waals surface area contributed by atoms with E-state index in [2.05, 4.69) is 6.08 Å². The molecule has 74 valence electrons. The molecule has 14 heavy (non-hydrogen) atoms. The molecule has 0 bridgehead atoms. The summed E-state index contributed by atoms with van der Waals surface area (Å²) >= 11 is 1.65. The molecule has 1 aliphatic rings. The van der Waals surface area contributed by atoms with Gasteiger partial charge in [0.2, 0.25) is 0 Å². The molecule has 1 aromatic rings. The second-order valence-corrected chi connectivity index (χ2v) is 4.87. The Labute approximate surface area is 88.5 Å². The van der Waals surface area contributed by atoms with Crippen molar-refractivity contribution in [3.8, 4) is 0 Å². The van der Waals surface area contributed by atoms with Crippen LogP contribution in [0.4, 0.5) is 0 Å². The quantitative estimate of drug-likeness (QED) is 0.674. The highest BCUT2D eigenvalue weighted by atomic mass is 32.1. The summed E-state index contributed by atoms with van der Waals surface area (Å²) in [5, 5.41) is 1.97. The number of ketones is 1. The van der Waals surface area contributed by atoms with Crippen LogP contribution in [0.5, 0.6) is 0 Å². The second-order valence-electron chi connectivity index (χ2n) is 3.75. The zero-order chi connectivity index (χ0) is 9.97. The Morgan fingerprint density at radius 1 is 1.43 bits per heavy atom. The van der Waals surface area contributed by atoms with Gasteiger partial charge in [0.25, 0.3) is 0 Å². The molecule has 0 fully saturated rings. The minimum absolute atomic E-state index is 0.244. The maximum Gasteiger partial charge on any atom is 0.189 e. The predicted octanol–water partition coefficient (Wildman–Crippen LogP) is 3.74. The molecule has 0 saturated heterocycles. The highest BCUT2D eigenvalue weighted by molar-refractivity contribution is 7.10. The SMILES string of the molecule is Cc1cc(C(=O)C2=CCCCC2)cs1. The van der Waals surface area contributed by atoms with Crippen LogP contribution >= 0.6 is 11.3 Å². The number of hydrogen-bond acceptors (Lipinski definition) is 2. The van der Waals surface area contributed by atoms with Crippen LogP contribution < -0.4 is 0 Å². The summed E-state index contributed by atoms with van der Waals surface area (Å²) < 4.78 is 0. The summed E-state index contributed by atoms with van der Waals surface area (Å²) in [6, 6.07) is 1.99. The second kappa shape index (κ2) is 4.09. The number of carbonyl (C=O) groups is 1. The number of Topliss-reactive ketones (excluding diaryl/α,β-unsaturated/α-hetero) is 1. The van der Waals surface area contributed by atoms with Gasteiger partial charge in [0.1, 0.15) is 0 Å². The van der Waals surface area contributed by atoms with Crippen LogP contribution in [-0.4, -0.2) is 5.78 Å². The van der Waals surface area contributed by atoms with E-state index in [0.29, 0.717) is 0 Å². The summed E-state index contributed by atoms with van der Waals surface area (Å²) in [6.07, 6.45) is 6.55. The van der Waals surface area contributed by atoms with E-state index in [1.807, 2.05) is 18.4 Å². The fourth-order valence-corrected chi connectivity index (χ4v) is 2.48. The van der Waals surface area contributed by atoms with Gasteiger partial charge in [-0.25, -0.2) is 0 Å². The van der Waals surface area contributed by atoms with Gasteiger partial charge >= 0.3 is 0 Å². The molecular formula is C12H14OS. The fourth-order valence-electron chi connectivity index (χ4n) is 1.79. The van der Waals surface area contributed by atoms with E-state index in [-0.39, 0.29) is 5.78 Å². The third kappa shape index (κ3) is 1.95. The minimum Gasteiger partial charge on any atom is -0.289 e. The van der Waals surface area contributed by atoms with Crippen molar-refractivity contribution in [1.82, 2.24) is 0 Å². The Kier molecular flexibility index (Phi) is 2.82. The highest BCUT2D eigenvalue weighted by Gasteiger charge is 2.14. The minimum atomic E-state index is 0.244. The van der Waals surface area contributed by atoms with Crippen LogP contribution in [0.1, 0.15) is 40.9 Å². The van der Waals surface area contributed by atoms with Gasteiger partial charge in [-0.15, -0.1) is 11.3 Å². The van der Waals surface area contributed by atoms with Crippen molar-refractivity contribution in [2.75, 3.05) is 0 Å². The lowest BCUT2D eigenvalue weighted by molar-refractivity contribution is 0.102. The molecule has 0 spiro atoms. The van der Waals surface area contributed by atoms with Crippen molar-refractivity contribution >= 4 is 17.1 Å². The topological polar surface area (TPSA) is 17.1 Å². The molecule has 0 saturated carbocycles. The lowest BCUT2D eigenvalue weighted by atomic mass is 9.94. The first kappa shape index (κ1) is 9.66. The number of rotatable bonds is 2. The van der Waals surface area contributed by atoms with E-state index in [9.17, 15) is 4.79 Å². The van der Waals surface area contributed by atoms with Crippen LogP contribution in [0.25, 0.3) is 0 Å². The molecular weight excluding hydrogens is 192 g/mol. The molecule has 2 rings (SSSR count). The number of hydrogen-bond donors (Lipinski definition) is 0. The Hall–Kier alpha value is -0.890. The fraction of sp³-hybridized carbons (Fsp3) is 0.417. The highest BCUT2D eigenvalue weighted by Crippen LogP contribution is 2.23. The first-order valence-corrected chi connectivity index (χ1v) is 5.94. The molecule has 0 N–H and O–H groups in total. The van der Waals surface area contributed by atoms with Gasteiger partial charge in [-0.1, -0.05) is 6.08 Å². The molecule has 0 amide bonds. The van der Waals surface area contributed by atoms with E-state index in [4.69, 9.17) is 0 Å². The van der Waals surface area contributed by atoms with Gasteiger partial charge in [-0.3, -0.25) is 4.79 Å². The Bertz CT molecular complexity index is 373. The van der Waals surface area contributed by atoms with E-state index < -0.39 is 0 Å². The smallest absolute Gasteiger partial charge is 0.189 e. The van der Waals surface area contributed by atoms with E-state index in [0.717, 1.165) is 24.0 Å². The average Bonchev–Trinajstić information content (AvgIpc) is 2.65. The first-order valence-electron chi connectivity index (χ1n) is 5.06. The van der Waals surface area contributed by atoms with Crippen molar-refractivity contribution in [3.05, 3.63) is 33.5 Å². The Morgan fingerprint density at radius 2 is 2.29 bits per heavy atom. The molecule has 2 heteroatoms. The standard InChI is InChI=1S/C12H14OS/c1-9-7-11(8-14-9)12(13)10-5-3-2-4-6-10/h5,7-8H,2-4,6H2,1H3. The van der Waals surface area contributed by atoms with E-state index >= 15 is 0 Å². The lowest BCUT2D eigenvalue weighted by Crippen LogP contribution is -2.05. The van der Waals surface area contributed by atoms with Crippen LogP contribution in [0.15, 0.2) is 23.1 Å². The zero-order valence-electron chi connectivity index (χ0n) is 8.38. The van der Waals surface area contributed by atoms with Crippen LogP contribution in [-0.2, 0) is 0 Å². The van der Waals surface area contributed by atoms with Crippen molar-refractivity contribution in [3.63, 3.8) is 0 Å². The van der Waals surface area contributed by atoms with Gasteiger partial charge in [-0.2, -0.15) is 0 Å². The van der Waals surface area contributed by atoms with Crippen LogP contribution in [0.3, 0.4) is 0 Å².